The van der Waals surface area contributed by atoms with Gasteiger partial charge in [0.1, 0.15) is 18.2 Å². The Hall–Kier alpha value is -3.94. The van der Waals surface area contributed by atoms with Crippen LogP contribution in [-0.4, -0.2) is 10.3 Å². The second kappa shape index (κ2) is 9.74. The Balaban J connectivity index is 1.65. The number of nitrogens with zero attached hydrogens (tertiary/aromatic N) is 2. The summed E-state index contributed by atoms with van der Waals surface area (Å²) in [6.45, 7) is 3.51. The lowest BCUT2D eigenvalue weighted by Crippen LogP contribution is -2.05. The molecule has 0 saturated carbocycles. The van der Waals surface area contributed by atoms with Crippen molar-refractivity contribution in [1.82, 2.24) is 4.57 Å². The molecule has 0 unspecified atom stereocenters. The van der Waals surface area contributed by atoms with Gasteiger partial charge in [-0.3, -0.25) is 0 Å². The molecule has 0 amide bonds. The van der Waals surface area contributed by atoms with Crippen molar-refractivity contribution in [2.75, 3.05) is 0 Å². The lowest BCUT2D eigenvalue weighted by Gasteiger charge is -2.13. The van der Waals surface area contributed by atoms with E-state index in [2.05, 4.69) is 5.16 Å². The Morgan fingerprint density at radius 3 is 2.20 bits per heavy atom. The molecular formula is C27H21F5N2O. The fourth-order valence-corrected chi connectivity index (χ4v) is 3.79. The van der Waals surface area contributed by atoms with Crippen LogP contribution in [0.5, 0.6) is 0 Å². The van der Waals surface area contributed by atoms with Gasteiger partial charge in [0.25, 0.3) is 0 Å². The van der Waals surface area contributed by atoms with Gasteiger partial charge in [0.05, 0.1) is 22.7 Å². The highest BCUT2D eigenvalue weighted by Crippen LogP contribution is 2.32. The third kappa shape index (κ3) is 5.26. The lowest BCUT2D eigenvalue weighted by molar-refractivity contribution is -0.137. The van der Waals surface area contributed by atoms with Crippen molar-refractivity contribution in [3.05, 3.63) is 113 Å². The smallest absolute Gasteiger partial charge is 0.391 e. The highest BCUT2D eigenvalue weighted by molar-refractivity contribution is 6.01. The number of rotatable bonds is 6. The maximum Gasteiger partial charge on any atom is 0.416 e. The van der Waals surface area contributed by atoms with Gasteiger partial charge >= 0.3 is 6.18 Å². The van der Waals surface area contributed by atoms with Crippen molar-refractivity contribution in [2.45, 2.75) is 26.6 Å². The molecule has 35 heavy (non-hydrogen) atoms. The number of aromatic nitrogens is 1. The number of benzene rings is 3. The highest BCUT2D eigenvalue weighted by Gasteiger charge is 2.29. The summed E-state index contributed by atoms with van der Waals surface area (Å²) in [6.07, 6.45) is -4.40. The zero-order valence-corrected chi connectivity index (χ0v) is 18.9. The maximum atomic E-state index is 14.7. The van der Waals surface area contributed by atoms with Gasteiger partial charge in [-0.05, 0) is 79.6 Å². The van der Waals surface area contributed by atoms with Gasteiger partial charge in [0.2, 0.25) is 0 Å². The van der Waals surface area contributed by atoms with Crippen LogP contribution >= 0.6 is 0 Å². The standard InChI is InChI=1S/C27H21F5N2O/c1-17(33-35-16-19-7-11-21(12-8-19)27(30,31)32)23-15-26(20-9-13-22(28)14-10-20)34(18(23)2)25-6-4-3-5-24(25)29/h3-15H,16H2,1-2H3/b33-17+. The molecule has 0 aliphatic rings. The Morgan fingerprint density at radius 1 is 0.914 bits per heavy atom. The van der Waals surface area contributed by atoms with Gasteiger partial charge in [-0.15, -0.1) is 0 Å². The summed E-state index contributed by atoms with van der Waals surface area (Å²) in [7, 11) is 0. The van der Waals surface area contributed by atoms with Crippen LogP contribution in [0, 0.1) is 18.6 Å². The first kappa shape index (κ1) is 24.2. The molecule has 0 aliphatic carbocycles. The topological polar surface area (TPSA) is 26.5 Å². The summed E-state index contributed by atoms with van der Waals surface area (Å²) in [5.74, 6) is -0.807. The Bertz CT molecular complexity index is 1350. The molecule has 1 aromatic heterocycles. The highest BCUT2D eigenvalue weighted by atomic mass is 19.4. The first-order valence-corrected chi connectivity index (χ1v) is 10.7. The molecular weight excluding hydrogens is 463 g/mol. The maximum absolute atomic E-state index is 14.7. The molecule has 4 rings (SSSR count). The number of hydrogen-bond acceptors (Lipinski definition) is 2. The summed E-state index contributed by atoms with van der Waals surface area (Å²) >= 11 is 0. The molecule has 0 fully saturated rings. The zero-order valence-electron chi connectivity index (χ0n) is 18.9. The van der Waals surface area contributed by atoms with Gasteiger partial charge in [-0.25, -0.2) is 8.78 Å². The minimum atomic E-state index is -4.40. The van der Waals surface area contributed by atoms with E-state index in [1.165, 1.54) is 30.3 Å². The molecule has 0 aliphatic heterocycles. The van der Waals surface area contributed by atoms with Crippen molar-refractivity contribution in [3.8, 4) is 16.9 Å². The molecule has 0 bridgehead atoms. The van der Waals surface area contributed by atoms with Gasteiger partial charge in [0, 0.05) is 11.3 Å². The third-order valence-electron chi connectivity index (χ3n) is 5.58. The Morgan fingerprint density at radius 2 is 1.57 bits per heavy atom. The second-order valence-electron chi connectivity index (χ2n) is 7.97. The van der Waals surface area contributed by atoms with Crippen molar-refractivity contribution < 1.29 is 26.8 Å². The average Bonchev–Trinajstić information content (AvgIpc) is 3.16. The minimum Gasteiger partial charge on any atom is -0.391 e. The van der Waals surface area contributed by atoms with E-state index in [1.54, 1.807) is 41.8 Å². The number of alkyl halides is 3. The molecule has 8 heteroatoms. The predicted molar refractivity (Wildman–Crippen MR) is 124 cm³/mol. The molecule has 0 spiro atoms. The molecule has 1 heterocycles. The molecule has 180 valence electrons. The van der Waals surface area contributed by atoms with E-state index >= 15 is 0 Å². The number of oxime groups is 1. The van der Waals surface area contributed by atoms with Crippen LogP contribution in [0.2, 0.25) is 0 Å². The van der Waals surface area contributed by atoms with Gasteiger partial charge in [-0.2, -0.15) is 13.2 Å². The SMILES string of the molecule is C/C(=N\OCc1ccc(C(F)(F)F)cc1)c1cc(-c2ccc(F)cc2)n(-c2ccccc2F)c1C. The zero-order chi connectivity index (χ0) is 25.2. The number of hydrogen-bond donors (Lipinski definition) is 0. The molecule has 4 aromatic rings. The van der Waals surface area contributed by atoms with Gasteiger partial charge in [-0.1, -0.05) is 29.4 Å². The average molecular weight is 484 g/mol. The fraction of sp³-hybridized carbons (Fsp3) is 0.148. The van der Waals surface area contributed by atoms with Crippen molar-refractivity contribution >= 4 is 5.71 Å². The van der Waals surface area contributed by atoms with E-state index < -0.39 is 17.6 Å². The summed E-state index contributed by atoms with van der Waals surface area (Å²) in [6, 6.07) is 18.7. The van der Waals surface area contributed by atoms with Crippen LogP contribution in [0.15, 0.2) is 84.0 Å². The van der Waals surface area contributed by atoms with Crippen LogP contribution < -0.4 is 0 Å². The van der Waals surface area contributed by atoms with Crippen LogP contribution in [0.4, 0.5) is 22.0 Å². The van der Waals surface area contributed by atoms with Crippen LogP contribution in [0.25, 0.3) is 16.9 Å². The number of para-hydroxylation sites is 1. The summed E-state index contributed by atoms with van der Waals surface area (Å²) in [5.41, 5.74) is 3.31. The second-order valence-corrected chi connectivity index (χ2v) is 7.97. The summed E-state index contributed by atoms with van der Waals surface area (Å²) < 4.78 is 68.1. The van der Waals surface area contributed by atoms with Crippen molar-refractivity contribution in [2.24, 2.45) is 5.16 Å². The van der Waals surface area contributed by atoms with E-state index in [0.717, 1.165) is 12.1 Å². The summed E-state index contributed by atoms with van der Waals surface area (Å²) in [5, 5.41) is 4.13. The van der Waals surface area contributed by atoms with Crippen molar-refractivity contribution in [1.29, 1.82) is 0 Å². The first-order chi connectivity index (χ1) is 16.6. The molecule has 0 atom stereocenters. The van der Waals surface area contributed by atoms with Gasteiger partial charge < -0.3 is 9.40 Å². The van der Waals surface area contributed by atoms with Crippen LogP contribution in [0.3, 0.4) is 0 Å². The monoisotopic (exact) mass is 484 g/mol. The molecule has 3 aromatic carbocycles. The van der Waals surface area contributed by atoms with E-state index in [-0.39, 0.29) is 12.4 Å². The van der Waals surface area contributed by atoms with E-state index in [1.807, 2.05) is 13.0 Å². The Labute approximate surface area is 199 Å². The van der Waals surface area contributed by atoms with E-state index in [0.29, 0.717) is 39.5 Å². The predicted octanol–water partition coefficient (Wildman–Crippen LogP) is 7.69. The van der Waals surface area contributed by atoms with E-state index in [9.17, 15) is 22.0 Å². The van der Waals surface area contributed by atoms with E-state index in [4.69, 9.17) is 4.84 Å². The normalized spacial score (nSPS) is 12.1. The van der Waals surface area contributed by atoms with Gasteiger partial charge in [0.15, 0.2) is 0 Å². The molecule has 3 nitrogen and oxygen atoms in total. The van der Waals surface area contributed by atoms with Crippen molar-refractivity contribution in [3.63, 3.8) is 0 Å². The van der Waals surface area contributed by atoms with Crippen LogP contribution in [-0.2, 0) is 17.6 Å². The quantitative estimate of drug-likeness (QED) is 0.157. The third-order valence-corrected chi connectivity index (χ3v) is 5.58. The number of halogens is 5. The molecule has 0 N–H and O–H groups in total. The lowest BCUT2D eigenvalue weighted by atomic mass is 10.1. The van der Waals surface area contributed by atoms with Crippen LogP contribution in [0.1, 0.15) is 29.3 Å². The molecule has 0 saturated heterocycles. The first-order valence-electron chi connectivity index (χ1n) is 10.7. The molecule has 0 radical (unpaired) electrons. The summed E-state index contributed by atoms with van der Waals surface area (Å²) in [4.78, 5) is 5.39. The Kier molecular flexibility index (Phi) is 6.73. The fourth-order valence-electron chi connectivity index (χ4n) is 3.79. The minimum absolute atomic E-state index is 0.0205. The largest absolute Gasteiger partial charge is 0.416 e.